The molecule has 0 radical (unpaired) electrons. The average molecular weight is 287 g/mol. The van der Waals surface area contributed by atoms with Crippen LogP contribution in [0.3, 0.4) is 0 Å². The Bertz CT molecular complexity index is 418. The normalized spacial score (nSPS) is 44.7. The minimum Gasteiger partial charge on any atom is -0.376 e. The summed E-state index contributed by atoms with van der Waals surface area (Å²) in [6.07, 6.45) is 6.32. The summed E-state index contributed by atoms with van der Waals surface area (Å²) in [4.78, 5) is 0. The molecule has 1 N–H and O–H groups in total. The van der Waals surface area contributed by atoms with Crippen molar-refractivity contribution in [1.29, 1.82) is 0 Å². The zero-order chi connectivity index (χ0) is 13.7. The summed E-state index contributed by atoms with van der Waals surface area (Å²) in [6, 6.07) is 0. The highest BCUT2D eigenvalue weighted by Gasteiger charge is 2.57. The third-order valence-electron chi connectivity index (χ3n) is 5.85. The fourth-order valence-electron chi connectivity index (χ4n) is 5.00. The van der Waals surface area contributed by atoms with Gasteiger partial charge in [0.25, 0.3) is 0 Å². The van der Waals surface area contributed by atoms with Gasteiger partial charge in [-0.05, 0) is 62.7 Å². The Kier molecular flexibility index (Phi) is 3.43. The maximum absolute atomic E-state index is 11.7. The number of ether oxygens (including phenoxy) is 1. The van der Waals surface area contributed by atoms with Crippen LogP contribution in [-0.4, -0.2) is 33.4 Å². The zero-order valence-corrected chi connectivity index (χ0v) is 12.7. The predicted octanol–water partition coefficient (Wildman–Crippen LogP) is 1.77. The second kappa shape index (κ2) is 4.71. The van der Waals surface area contributed by atoms with Crippen LogP contribution in [0.1, 0.15) is 39.0 Å². The summed E-state index contributed by atoms with van der Waals surface area (Å²) in [6.45, 7) is 2.15. The van der Waals surface area contributed by atoms with Crippen LogP contribution in [0.5, 0.6) is 0 Å². The molecule has 0 aliphatic heterocycles. The van der Waals surface area contributed by atoms with Gasteiger partial charge in [0.05, 0.1) is 11.4 Å². The number of hydrogen-bond acceptors (Lipinski definition) is 3. The van der Waals surface area contributed by atoms with E-state index in [1.54, 1.807) is 14.0 Å². The molecule has 0 unspecified atom stereocenters. The average Bonchev–Trinajstić information content (AvgIpc) is 2.38. The van der Waals surface area contributed by atoms with Gasteiger partial charge in [0.1, 0.15) is 0 Å². The third-order valence-corrected chi connectivity index (χ3v) is 7.19. The molecule has 0 heterocycles. The molecule has 5 heteroatoms. The van der Waals surface area contributed by atoms with Crippen molar-refractivity contribution >= 4 is 10.0 Å². The fraction of sp³-hybridized carbons (Fsp3) is 1.00. The van der Waals surface area contributed by atoms with Crippen LogP contribution in [0.4, 0.5) is 0 Å². The van der Waals surface area contributed by atoms with Crippen LogP contribution >= 0.6 is 0 Å². The van der Waals surface area contributed by atoms with Crippen LogP contribution in [0, 0.1) is 23.7 Å². The Morgan fingerprint density at radius 1 is 1.11 bits per heavy atom. The Morgan fingerprint density at radius 2 is 1.63 bits per heavy atom. The summed E-state index contributed by atoms with van der Waals surface area (Å²) < 4.78 is 32.2. The lowest BCUT2D eigenvalue weighted by atomic mass is 9.50. The molecule has 4 bridgehead atoms. The fourth-order valence-corrected chi connectivity index (χ4v) is 5.65. The van der Waals surface area contributed by atoms with Crippen molar-refractivity contribution in [1.82, 2.24) is 4.72 Å². The first-order chi connectivity index (χ1) is 8.99. The van der Waals surface area contributed by atoms with Gasteiger partial charge >= 0.3 is 0 Å². The van der Waals surface area contributed by atoms with Crippen LogP contribution in [-0.2, 0) is 14.8 Å². The maximum atomic E-state index is 11.7. The summed E-state index contributed by atoms with van der Waals surface area (Å²) in [5.74, 6) is 2.98. The lowest BCUT2D eigenvalue weighted by Gasteiger charge is -2.60. The molecule has 0 amide bonds. The second-order valence-electron chi connectivity index (χ2n) is 6.69. The molecule has 0 aromatic heterocycles. The van der Waals surface area contributed by atoms with E-state index in [4.69, 9.17) is 4.74 Å². The van der Waals surface area contributed by atoms with Gasteiger partial charge in [-0.3, -0.25) is 0 Å². The van der Waals surface area contributed by atoms with Gasteiger partial charge in [-0.25, -0.2) is 13.1 Å². The zero-order valence-electron chi connectivity index (χ0n) is 11.9. The molecule has 0 saturated heterocycles. The Hall–Kier alpha value is -0.130. The molecule has 0 aromatic rings. The molecule has 4 fully saturated rings. The van der Waals surface area contributed by atoms with E-state index >= 15 is 0 Å². The number of rotatable bonds is 5. The predicted molar refractivity (Wildman–Crippen MR) is 74.2 cm³/mol. The van der Waals surface area contributed by atoms with Gasteiger partial charge in [0.15, 0.2) is 0 Å². The molecule has 110 valence electrons. The van der Waals surface area contributed by atoms with E-state index < -0.39 is 10.0 Å². The first-order valence-electron chi connectivity index (χ1n) is 7.51. The summed E-state index contributed by atoms with van der Waals surface area (Å²) in [5.41, 5.74) is -0.240. The van der Waals surface area contributed by atoms with E-state index in [0.29, 0.717) is 18.4 Å². The number of hydrogen-bond donors (Lipinski definition) is 1. The topological polar surface area (TPSA) is 55.4 Å². The lowest BCUT2D eigenvalue weighted by molar-refractivity contribution is -0.185. The van der Waals surface area contributed by atoms with Gasteiger partial charge in [-0.1, -0.05) is 0 Å². The van der Waals surface area contributed by atoms with Gasteiger partial charge in [-0.2, -0.15) is 0 Å². The molecular weight excluding hydrogens is 262 g/mol. The molecule has 0 aromatic carbocycles. The second-order valence-corrected chi connectivity index (χ2v) is 8.78. The number of sulfonamides is 1. The smallest absolute Gasteiger partial charge is 0.211 e. The highest BCUT2D eigenvalue weighted by atomic mass is 32.2. The van der Waals surface area contributed by atoms with Crippen LogP contribution in [0.2, 0.25) is 0 Å². The Labute approximate surface area is 116 Å². The molecule has 4 aliphatic carbocycles. The van der Waals surface area contributed by atoms with E-state index in [2.05, 4.69) is 4.72 Å². The molecule has 4 aliphatic rings. The van der Waals surface area contributed by atoms with Crippen molar-refractivity contribution in [2.75, 3.05) is 19.4 Å². The van der Waals surface area contributed by atoms with Gasteiger partial charge < -0.3 is 4.74 Å². The lowest BCUT2D eigenvalue weighted by Crippen LogP contribution is -2.63. The Morgan fingerprint density at radius 3 is 2.05 bits per heavy atom. The van der Waals surface area contributed by atoms with Crippen molar-refractivity contribution in [2.24, 2.45) is 23.7 Å². The molecule has 0 spiro atoms. The molecule has 4 nitrogen and oxygen atoms in total. The van der Waals surface area contributed by atoms with Crippen molar-refractivity contribution < 1.29 is 13.2 Å². The first-order valence-corrected chi connectivity index (χ1v) is 9.16. The highest BCUT2D eigenvalue weighted by molar-refractivity contribution is 7.89. The van der Waals surface area contributed by atoms with Gasteiger partial charge in [0, 0.05) is 13.7 Å². The summed E-state index contributed by atoms with van der Waals surface area (Å²) in [5, 5.41) is 0. The van der Waals surface area contributed by atoms with Crippen molar-refractivity contribution in [2.45, 2.75) is 44.6 Å². The third kappa shape index (κ3) is 2.24. The van der Waals surface area contributed by atoms with Crippen LogP contribution in [0.25, 0.3) is 0 Å². The largest absolute Gasteiger partial charge is 0.376 e. The minimum atomic E-state index is -3.13. The van der Waals surface area contributed by atoms with Crippen LogP contribution in [0.15, 0.2) is 0 Å². The monoisotopic (exact) mass is 287 g/mol. The highest BCUT2D eigenvalue weighted by Crippen LogP contribution is 2.59. The van der Waals surface area contributed by atoms with Crippen molar-refractivity contribution in [3.05, 3.63) is 0 Å². The summed E-state index contributed by atoms with van der Waals surface area (Å²) in [7, 11) is -1.36. The molecule has 0 atom stereocenters. The van der Waals surface area contributed by atoms with Crippen LogP contribution < -0.4 is 4.72 Å². The van der Waals surface area contributed by atoms with Crippen molar-refractivity contribution in [3.8, 4) is 0 Å². The number of methoxy groups -OCH3 is 1. The quantitative estimate of drug-likeness (QED) is 0.838. The van der Waals surface area contributed by atoms with E-state index in [9.17, 15) is 8.42 Å². The minimum absolute atomic E-state index is 0.146. The van der Waals surface area contributed by atoms with Gasteiger partial charge in [0.2, 0.25) is 10.0 Å². The van der Waals surface area contributed by atoms with E-state index in [1.807, 2.05) is 0 Å². The summed E-state index contributed by atoms with van der Waals surface area (Å²) >= 11 is 0. The van der Waals surface area contributed by atoms with Gasteiger partial charge in [-0.15, -0.1) is 0 Å². The molecule has 4 saturated carbocycles. The van der Waals surface area contributed by atoms with E-state index in [0.717, 1.165) is 11.8 Å². The standard InChI is InChI=1S/C14H25NO3S/c1-3-19(16,17)15-9-14(18-2)12-5-10-4-11(7-12)8-13(14)6-10/h10-13,15H,3-9H2,1-2H3. The van der Waals surface area contributed by atoms with E-state index in [-0.39, 0.29) is 11.4 Å². The molecule has 4 rings (SSSR count). The Balaban J connectivity index is 1.79. The number of nitrogens with one attached hydrogen (secondary N) is 1. The molecule has 19 heavy (non-hydrogen) atoms. The first kappa shape index (κ1) is 13.8. The van der Waals surface area contributed by atoms with Crippen molar-refractivity contribution in [3.63, 3.8) is 0 Å². The molecular formula is C14H25NO3S. The maximum Gasteiger partial charge on any atom is 0.211 e. The SMILES string of the molecule is CCS(=O)(=O)NCC1(OC)C2CC3CC(C2)CC1C3. The van der Waals surface area contributed by atoms with E-state index in [1.165, 1.54) is 32.1 Å².